The van der Waals surface area contributed by atoms with Crippen molar-refractivity contribution < 1.29 is 9.84 Å². The maximum atomic E-state index is 9.65. The van der Waals surface area contributed by atoms with Crippen molar-refractivity contribution in [2.75, 3.05) is 7.11 Å². The minimum Gasteiger partial charge on any atom is -0.508 e. The molecular weight excluding hydrogens is 358 g/mol. The van der Waals surface area contributed by atoms with Crippen molar-refractivity contribution >= 4 is 0 Å². The summed E-state index contributed by atoms with van der Waals surface area (Å²) in [5.41, 5.74) is 5.90. The van der Waals surface area contributed by atoms with Crippen LogP contribution in [0.15, 0.2) is 91.0 Å². The molecule has 0 spiro atoms. The zero-order valence-corrected chi connectivity index (χ0v) is 17.0. The smallest absolute Gasteiger partial charge is 0.118 e. The fourth-order valence-corrected chi connectivity index (χ4v) is 3.07. The maximum Gasteiger partial charge on any atom is 0.118 e. The van der Waals surface area contributed by atoms with E-state index in [1.165, 1.54) is 0 Å². The van der Waals surface area contributed by atoms with Crippen LogP contribution in [-0.4, -0.2) is 17.2 Å². The second kappa shape index (κ2) is 9.56. The number of phenols is 1. The van der Waals surface area contributed by atoms with Gasteiger partial charge in [-0.3, -0.25) is 0 Å². The molecule has 0 radical (unpaired) electrons. The minimum atomic E-state index is 0.240. The van der Waals surface area contributed by atoms with E-state index in [0.29, 0.717) is 0 Å². The normalized spacial score (nSPS) is 10.0. The number of phenolic OH excluding ortho intramolecular Hbond substituents is 1. The van der Waals surface area contributed by atoms with Gasteiger partial charge in [-0.2, -0.15) is 0 Å². The van der Waals surface area contributed by atoms with Crippen molar-refractivity contribution in [3.63, 3.8) is 0 Å². The Morgan fingerprint density at radius 1 is 0.655 bits per heavy atom. The van der Waals surface area contributed by atoms with Gasteiger partial charge in [-0.15, -0.1) is 0 Å². The fraction of sp³-hybridized carbons (Fsp3) is 0.115. The number of hydrogen-bond donors (Lipinski definition) is 1. The Labute approximate surface area is 172 Å². The number of ether oxygens (including phenoxy) is 1. The first kappa shape index (κ1) is 20.2. The molecule has 0 aliphatic heterocycles. The highest BCUT2D eigenvalue weighted by atomic mass is 16.5. The third-order valence-electron chi connectivity index (χ3n) is 4.51. The molecule has 0 atom stereocenters. The number of pyridine rings is 1. The summed E-state index contributed by atoms with van der Waals surface area (Å²) in [5.74, 6) is 1.06. The first-order valence-electron chi connectivity index (χ1n) is 9.75. The molecule has 1 heterocycles. The topological polar surface area (TPSA) is 42.4 Å². The summed E-state index contributed by atoms with van der Waals surface area (Å²) in [6.45, 7) is 4.00. The third kappa shape index (κ3) is 4.64. The molecule has 146 valence electrons. The molecule has 0 fully saturated rings. The fourth-order valence-electron chi connectivity index (χ4n) is 3.07. The average molecular weight is 383 g/mol. The number of aromatic hydroxyl groups is 1. The summed E-state index contributed by atoms with van der Waals surface area (Å²) < 4.78 is 5.27. The summed E-state index contributed by atoms with van der Waals surface area (Å²) in [6.07, 6.45) is 0. The van der Waals surface area contributed by atoms with E-state index in [-0.39, 0.29) is 5.75 Å². The van der Waals surface area contributed by atoms with E-state index < -0.39 is 0 Å². The maximum absolute atomic E-state index is 9.65. The Balaban J connectivity index is 0.00000117. The van der Waals surface area contributed by atoms with E-state index in [0.717, 1.165) is 39.4 Å². The molecule has 3 nitrogen and oxygen atoms in total. The van der Waals surface area contributed by atoms with Gasteiger partial charge in [0, 0.05) is 16.7 Å². The van der Waals surface area contributed by atoms with Gasteiger partial charge in [0.15, 0.2) is 0 Å². The first-order valence-corrected chi connectivity index (χ1v) is 9.75. The van der Waals surface area contributed by atoms with Crippen LogP contribution in [0.5, 0.6) is 11.5 Å². The highest BCUT2D eigenvalue weighted by molar-refractivity contribution is 5.83. The molecule has 29 heavy (non-hydrogen) atoms. The van der Waals surface area contributed by atoms with Crippen LogP contribution in [0.2, 0.25) is 0 Å². The van der Waals surface area contributed by atoms with Crippen LogP contribution < -0.4 is 4.74 Å². The van der Waals surface area contributed by atoms with Crippen molar-refractivity contribution in [2.24, 2.45) is 0 Å². The zero-order valence-electron chi connectivity index (χ0n) is 17.0. The molecule has 1 N–H and O–H groups in total. The van der Waals surface area contributed by atoms with Crippen LogP contribution in [-0.2, 0) is 0 Å². The monoisotopic (exact) mass is 383 g/mol. The van der Waals surface area contributed by atoms with Crippen molar-refractivity contribution in [3.8, 4) is 45.1 Å². The molecule has 1 aromatic heterocycles. The summed E-state index contributed by atoms with van der Waals surface area (Å²) in [6, 6.07) is 29.3. The van der Waals surface area contributed by atoms with Gasteiger partial charge in [0.05, 0.1) is 18.5 Å². The van der Waals surface area contributed by atoms with E-state index in [4.69, 9.17) is 9.72 Å². The highest BCUT2D eigenvalue weighted by Gasteiger charge is 2.12. The lowest BCUT2D eigenvalue weighted by Gasteiger charge is -2.12. The summed E-state index contributed by atoms with van der Waals surface area (Å²) in [4.78, 5) is 4.95. The number of benzene rings is 3. The van der Waals surface area contributed by atoms with Crippen molar-refractivity contribution in [2.45, 2.75) is 13.8 Å². The van der Waals surface area contributed by atoms with Gasteiger partial charge >= 0.3 is 0 Å². The standard InChI is InChI=1S/C24H19NO2.C2H6/c1-27-21-13-9-17(10-14-21)22-15-16-23(18-5-3-2-4-6-18)25-24(22)19-7-11-20(26)12-8-19;1-2/h2-16,26H,1H3;1-2H3. The van der Waals surface area contributed by atoms with Crippen LogP contribution in [0.3, 0.4) is 0 Å². The Bertz CT molecular complexity index is 1040. The molecular formula is C26H25NO2. The molecule has 0 bridgehead atoms. The van der Waals surface area contributed by atoms with Crippen molar-refractivity contribution in [1.29, 1.82) is 0 Å². The number of hydrogen-bond acceptors (Lipinski definition) is 3. The van der Waals surface area contributed by atoms with Gasteiger partial charge in [0.25, 0.3) is 0 Å². The molecule has 3 heteroatoms. The van der Waals surface area contributed by atoms with Gasteiger partial charge in [0.1, 0.15) is 11.5 Å². The summed E-state index contributed by atoms with van der Waals surface area (Å²) in [5, 5.41) is 9.65. The van der Waals surface area contributed by atoms with Gasteiger partial charge < -0.3 is 9.84 Å². The first-order chi connectivity index (χ1) is 14.2. The highest BCUT2D eigenvalue weighted by Crippen LogP contribution is 2.34. The second-order valence-corrected chi connectivity index (χ2v) is 6.23. The van der Waals surface area contributed by atoms with Crippen molar-refractivity contribution in [3.05, 3.63) is 91.0 Å². The number of aromatic nitrogens is 1. The quantitative estimate of drug-likeness (QED) is 0.420. The van der Waals surface area contributed by atoms with Gasteiger partial charge in [0.2, 0.25) is 0 Å². The van der Waals surface area contributed by atoms with Crippen LogP contribution in [0.1, 0.15) is 13.8 Å². The molecule has 0 aliphatic rings. The molecule has 4 aromatic rings. The summed E-state index contributed by atoms with van der Waals surface area (Å²) in [7, 11) is 1.66. The van der Waals surface area contributed by atoms with Gasteiger partial charge in [-0.25, -0.2) is 4.98 Å². The van der Waals surface area contributed by atoms with Crippen LogP contribution in [0, 0.1) is 0 Å². The van der Waals surface area contributed by atoms with E-state index in [1.807, 2.05) is 74.5 Å². The Hall–Kier alpha value is -3.59. The SMILES string of the molecule is CC.COc1ccc(-c2ccc(-c3ccccc3)nc2-c2ccc(O)cc2)cc1. The Morgan fingerprint density at radius 2 is 1.28 bits per heavy atom. The number of nitrogens with zero attached hydrogens (tertiary/aromatic N) is 1. The molecule has 0 unspecified atom stereocenters. The third-order valence-corrected chi connectivity index (χ3v) is 4.51. The molecule has 0 saturated heterocycles. The molecule has 4 rings (SSSR count). The largest absolute Gasteiger partial charge is 0.508 e. The van der Waals surface area contributed by atoms with Gasteiger partial charge in [-0.05, 0) is 48.0 Å². The van der Waals surface area contributed by atoms with E-state index in [1.54, 1.807) is 19.2 Å². The predicted octanol–water partition coefficient (Wildman–Crippen LogP) is 6.82. The number of rotatable bonds is 4. The lowest BCUT2D eigenvalue weighted by Crippen LogP contribution is -1.93. The van der Waals surface area contributed by atoms with Crippen LogP contribution in [0.25, 0.3) is 33.6 Å². The van der Waals surface area contributed by atoms with Crippen LogP contribution >= 0.6 is 0 Å². The van der Waals surface area contributed by atoms with E-state index >= 15 is 0 Å². The van der Waals surface area contributed by atoms with Gasteiger partial charge in [-0.1, -0.05) is 62.4 Å². The minimum absolute atomic E-state index is 0.240. The summed E-state index contributed by atoms with van der Waals surface area (Å²) >= 11 is 0. The Kier molecular flexibility index (Phi) is 6.64. The lowest BCUT2D eigenvalue weighted by molar-refractivity contribution is 0.415. The molecule has 3 aromatic carbocycles. The second-order valence-electron chi connectivity index (χ2n) is 6.23. The predicted molar refractivity (Wildman–Crippen MR) is 120 cm³/mol. The molecule has 0 aliphatic carbocycles. The molecule has 0 saturated carbocycles. The van der Waals surface area contributed by atoms with Crippen LogP contribution in [0.4, 0.5) is 0 Å². The number of methoxy groups -OCH3 is 1. The zero-order chi connectivity index (χ0) is 20.6. The van der Waals surface area contributed by atoms with Crippen molar-refractivity contribution in [1.82, 2.24) is 4.98 Å². The lowest BCUT2D eigenvalue weighted by atomic mass is 9.97. The average Bonchev–Trinajstić information content (AvgIpc) is 2.81. The molecule has 0 amide bonds. The Morgan fingerprint density at radius 3 is 1.90 bits per heavy atom. The van der Waals surface area contributed by atoms with E-state index in [9.17, 15) is 5.11 Å². The van der Waals surface area contributed by atoms with E-state index in [2.05, 4.69) is 18.2 Å².